The summed E-state index contributed by atoms with van der Waals surface area (Å²) in [5.74, 6) is 2.16. The van der Waals surface area contributed by atoms with E-state index in [2.05, 4.69) is 255 Å². The van der Waals surface area contributed by atoms with Gasteiger partial charge in [0.1, 0.15) is 17.2 Å². The zero-order chi connectivity index (χ0) is 49.8. The molecule has 6 rings (SSSR count). The minimum atomic E-state index is -2.13. The summed E-state index contributed by atoms with van der Waals surface area (Å²) in [6.45, 7) is 47.6. The van der Waals surface area contributed by atoms with Crippen LogP contribution in [0.4, 0.5) is 0 Å². The maximum absolute atomic E-state index is 7.36. The summed E-state index contributed by atoms with van der Waals surface area (Å²) < 4.78 is 22.1. The summed E-state index contributed by atoms with van der Waals surface area (Å²) in [5, 5.41) is 0. The maximum atomic E-state index is 7.36. The third-order valence-corrected chi connectivity index (χ3v) is 13.9. The molecule has 6 aromatic rings. The standard InChI is InChI=1S/C63H81O3P/c1-40-22-28-49(46-31-25-43(58(4,5)6)37-52(46)61(13,14)15)55(34-40)64-67(65-56-35-41(2)23-29-50(56)47-32-26-44(59(7,8)9)38-53(47)62(16,17)18)66-57-36-42(3)24-30-51(57)48-33-27-45(60(10,11)12)39-54(48)63(19,20)21/h22-39H,1-21H3. The van der Waals surface area contributed by atoms with Gasteiger partial charge in [-0.25, -0.2) is 0 Å². The molecule has 0 saturated carbocycles. The van der Waals surface area contributed by atoms with Gasteiger partial charge in [-0.1, -0.05) is 216 Å². The molecule has 0 atom stereocenters. The van der Waals surface area contributed by atoms with E-state index >= 15 is 0 Å². The van der Waals surface area contributed by atoms with Crippen molar-refractivity contribution < 1.29 is 13.6 Å². The third kappa shape index (κ3) is 12.1. The van der Waals surface area contributed by atoms with Gasteiger partial charge in [0.25, 0.3) is 0 Å². The van der Waals surface area contributed by atoms with Crippen molar-refractivity contribution in [3.05, 3.63) is 159 Å². The summed E-state index contributed by atoms with van der Waals surface area (Å²) in [4.78, 5) is 0. The molecule has 356 valence electrons. The Morgan fingerprint density at radius 2 is 0.493 bits per heavy atom. The van der Waals surface area contributed by atoms with Crippen molar-refractivity contribution in [2.24, 2.45) is 0 Å². The van der Waals surface area contributed by atoms with Crippen molar-refractivity contribution >= 4 is 8.60 Å². The molecule has 0 aliphatic carbocycles. The number of aryl methyl sites for hydroxylation is 3. The van der Waals surface area contributed by atoms with Crippen LogP contribution in [0.5, 0.6) is 17.2 Å². The zero-order valence-electron chi connectivity index (χ0n) is 45.1. The largest absolute Gasteiger partial charge is 0.530 e. The monoisotopic (exact) mass is 917 g/mol. The smallest absolute Gasteiger partial charge is 0.408 e. The SMILES string of the molecule is Cc1ccc(-c2ccc(C(C)(C)C)cc2C(C)(C)C)c(OP(Oc2cc(C)ccc2-c2ccc(C(C)(C)C)cc2C(C)(C)C)Oc2cc(C)ccc2-c2ccc(C(C)(C)C)cc2C(C)(C)C)c1. The Balaban J connectivity index is 1.60. The second-order valence-electron chi connectivity index (χ2n) is 25.3. The number of hydrogen-bond acceptors (Lipinski definition) is 3. The van der Waals surface area contributed by atoms with Crippen LogP contribution in [0.3, 0.4) is 0 Å². The van der Waals surface area contributed by atoms with Crippen molar-refractivity contribution in [3.63, 3.8) is 0 Å². The van der Waals surface area contributed by atoms with Crippen molar-refractivity contribution in [1.29, 1.82) is 0 Å². The Labute approximate surface area is 408 Å². The van der Waals surface area contributed by atoms with Gasteiger partial charge in [0.05, 0.1) is 0 Å². The quantitative estimate of drug-likeness (QED) is 0.135. The highest BCUT2D eigenvalue weighted by molar-refractivity contribution is 7.43. The molecule has 0 bridgehead atoms. The molecular weight excluding hydrogens is 836 g/mol. The number of rotatable bonds is 9. The minimum Gasteiger partial charge on any atom is -0.408 e. The molecule has 0 saturated heterocycles. The lowest BCUT2D eigenvalue weighted by atomic mass is 9.77. The van der Waals surface area contributed by atoms with Crippen LogP contribution in [0.2, 0.25) is 0 Å². The van der Waals surface area contributed by atoms with Crippen LogP contribution in [0.15, 0.2) is 109 Å². The van der Waals surface area contributed by atoms with Gasteiger partial charge in [-0.15, -0.1) is 0 Å². The topological polar surface area (TPSA) is 27.7 Å². The fraction of sp³-hybridized carbons (Fsp3) is 0.429. The molecule has 4 heteroatoms. The van der Waals surface area contributed by atoms with Crippen LogP contribution in [0, 0.1) is 20.8 Å². The van der Waals surface area contributed by atoms with E-state index in [1.54, 1.807) is 0 Å². The van der Waals surface area contributed by atoms with Crippen LogP contribution < -0.4 is 13.6 Å². The molecule has 0 unspecified atom stereocenters. The van der Waals surface area contributed by atoms with Crippen LogP contribution in [0.1, 0.15) is 175 Å². The Morgan fingerprint density at radius 3 is 0.701 bits per heavy atom. The van der Waals surface area contributed by atoms with Crippen LogP contribution >= 0.6 is 8.60 Å². The molecule has 0 heterocycles. The van der Waals surface area contributed by atoms with E-state index in [4.69, 9.17) is 13.6 Å². The van der Waals surface area contributed by atoms with E-state index in [9.17, 15) is 0 Å². The van der Waals surface area contributed by atoms with E-state index in [1.807, 2.05) is 0 Å². The highest BCUT2D eigenvalue weighted by Gasteiger charge is 2.32. The fourth-order valence-electron chi connectivity index (χ4n) is 8.68. The lowest BCUT2D eigenvalue weighted by Gasteiger charge is -2.30. The molecule has 0 amide bonds. The van der Waals surface area contributed by atoms with Crippen molar-refractivity contribution in [2.45, 2.75) is 178 Å². The maximum Gasteiger partial charge on any atom is 0.530 e. The lowest BCUT2D eigenvalue weighted by Crippen LogP contribution is -2.17. The molecule has 0 spiro atoms. The van der Waals surface area contributed by atoms with E-state index in [-0.39, 0.29) is 32.5 Å². The van der Waals surface area contributed by atoms with Crippen LogP contribution in [-0.2, 0) is 32.5 Å². The average Bonchev–Trinajstić information content (AvgIpc) is 3.18. The first-order valence-corrected chi connectivity index (χ1v) is 25.4. The molecule has 6 aromatic carbocycles. The number of benzene rings is 6. The summed E-state index contributed by atoms with van der Waals surface area (Å²) in [6, 6.07) is 40.4. The lowest BCUT2D eigenvalue weighted by molar-refractivity contribution is 0.389. The second kappa shape index (κ2) is 18.6. The first-order chi connectivity index (χ1) is 30.7. The average molecular weight is 917 g/mol. The molecule has 0 aromatic heterocycles. The summed E-state index contributed by atoms with van der Waals surface area (Å²) in [7, 11) is -2.13. The first-order valence-electron chi connectivity index (χ1n) is 24.3. The van der Waals surface area contributed by atoms with Gasteiger partial charge < -0.3 is 13.6 Å². The first kappa shape index (κ1) is 51.5. The Morgan fingerprint density at radius 1 is 0.269 bits per heavy atom. The highest BCUT2D eigenvalue weighted by Crippen LogP contribution is 2.52. The Kier molecular flexibility index (Phi) is 14.3. The summed E-state index contributed by atoms with van der Waals surface area (Å²) >= 11 is 0. The molecular formula is C63H81O3P. The minimum absolute atomic E-state index is 0.00196. The van der Waals surface area contributed by atoms with Crippen LogP contribution in [0.25, 0.3) is 33.4 Å². The fourth-order valence-corrected chi connectivity index (χ4v) is 9.72. The predicted molar refractivity (Wildman–Crippen MR) is 291 cm³/mol. The normalized spacial score (nSPS) is 13.0. The number of hydrogen-bond donors (Lipinski definition) is 0. The highest BCUT2D eigenvalue weighted by atomic mass is 31.2. The second-order valence-corrected chi connectivity index (χ2v) is 26.3. The van der Waals surface area contributed by atoms with Crippen LogP contribution in [-0.4, -0.2) is 0 Å². The Hall–Kier alpha value is -4.85. The van der Waals surface area contributed by atoms with Gasteiger partial charge in [-0.05, 0) is 138 Å². The summed E-state index contributed by atoms with van der Waals surface area (Å²) in [6.07, 6.45) is 0. The molecule has 0 aliphatic heterocycles. The van der Waals surface area contributed by atoms with E-state index in [1.165, 1.54) is 33.4 Å². The van der Waals surface area contributed by atoms with Crippen molar-refractivity contribution in [2.75, 3.05) is 0 Å². The van der Waals surface area contributed by atoms with Gasteiger partial charge in [-0.2, -0.15) is 0 Å². The summed E-state index contributed by atoms with van der Waals surface area (Å²) in [5.41, 5.74) is 17.0. The van der Waals surface area contributed by atoms with Gasteiger partial charge in [0.2, 0.25) is 0 Å². The van der Waals surface area contributed by atoms with Gasteiger partial charge in [-0.3, -0.25) is 0 Å². The molecule has 67 heavy (non-hydrogen) atoms. The van der Waals surface area contributed by atoms with Gasteiger partial charge in [0, 0.05) is 16.7 Å². The molecule has 0 radical (unpaired) electrons. The molecule has 0 aliphatic rings. The van der Waals surface area contributed by atoms with E-state index in [0.29, 0.717) is 0 Å². The van der Waals surface area contributed by atoms with Gasteiger partial charge in [0.15, 0.2) is 0 Å². The third-order valence-electron chi connectivity index (χ3n) is 12.9. The van der Waals surface area contributed by atoms with Gasteiger partial charge >= 0.3 is 8.60 Å². The van der Waals surface area contributed by atoms with E-state index < -0.39 is 8.60 Å². The Bertz CT molecular complexity index is 2440. The predicted octanol–water partition coefficient (Wildman–Crippen LogP) is 19.2. The van der Waals surface area contributed by atoms with Crippen molar-refractivity contribution in [3.8, 4) is 50.6 Å². The zero-order valence-corrected chi connectivity index (χ0v) is 46.0. The van der Waals surface area contributed by atoms with Crippen molar-refractivity contribution in [1.82, 2.24) is 0 Å². The van der Waals surface area contributed by atoms with E-state index in [0.717, 1.165) is 67.3 Å². The molecule has 0 fully saturated rings. The molecule has 3 nitrogen and oxygen atoms in total. The molecule has 0 N–H and O–H groups in total.